The van der Waals surface area contributed by atoms with Crippen molar-refractivity contribution in [2.75, 3.05) is 5.73 Å². The minimum absolute atomic E-state index is 0.182. The maximum atomic E-state index is 13.9. The monoisotopic (exact) mass is 254 g/mol. The summed E-state index contributed by atoms with van der Waals surface area (Å²) in [7, 11) is -0.918. The zero-order valence-corrected chi connectivity index (χ0v) is 12.2. The molecule has 17 heavy (non-hydrogen) atoms. The predicted octanol–water partition coefficient (Wildman–Crippen LogP) is 3.76. The van der Waals surface area contributed by atoms with Gasteiger partial charge in [0.1, 0.15) is 5.82 Å². The second-order valence-corrected chi connectivity index (χ2v) is 7.57. The largest absolute Gasteiger partial charge is 0.410 e. The van der Waals surface area contributed by atoms with Crippen LogP contribution in [0.15, 0.2) is 18.2 Å². The lowest BCUT2D eigenvalue weighted by Crippen LogP contribution is -2.27. The topological polar surface area (TPSA) is 35.2 Å². The molecule has 1 unspecified atom stereocenters. The second kappa shape index (κ2) is 5.19. The van der Waals surface area contributed by atoms with Crippen LogP contribution in [0.1, 0.15) is 32.4 Å². The summed E-state index contributed by atoms with van der Waals surface area (Å²) in [6, 6.07) is 4.78. The van der Waals surface area contributed by atoms with Crippen molar-refractivity contribution in [1.82, 2.24) is 0 Å². The summed E-state index contributed by atoms with van der Waals surface area (Å²) in [6.07, 6.45) is -0.299. The molecule has 0 spiro atoms. The van der Waals surface area contributed by atoms with Crippen LogP contribution in [-0.2, 0) is 4.43 Å². The summed E-state index contributed by atoms with van der Waals surface area (Å²) in [5.41, 5.74) is 6.66. The van der Waals surface area contributed by atoms with Crippen LogP contribution in [-0.4, -0.2) is 9.04 Å². The van der Waals surface area contributed by atoms with Gasteiger partial charge in [0.05, 0.1) is 6.10 Å². The number of benzene rings is 1. The van der Waals surface area contributed by atoms with Crippen molar-refractivity contribution in [1.29, 1.82) is 0 Å². The Labute approximate surface area is 105 Å². The lowest BCUT2D eigenvalue weighted by atomic mass is 9.84. The van der Waals surface area contributed by atoms with Gasteiger partial charge in [0.15, 0.2) is 0 Å². The third-order valence-electron chi connectivity index (χ3n) is 2.49. The Morgan fingerprint density at radius 3 is 2.29 bits per heavy atom. The van der Waals surface area contributed by atoms with E-state index in [2.05, 4.69) is 0 Å². The second-order valence-electron chi connectivity index (χ2n) is 5.51. The van der Waals surface area contributed by atoms with Crippen LogP contribution in [0.4, 0.5) is 10.1 Å². The molecule has 0 aliphatic heterocycles. The quantitative estimate of drug-likeness (QED) is 0.658. The first kappa shape index (κ1) is 14.2. The van der Waals surface area contributed by atoms with E-state index in [1.807, 2.05) is 33.9 Å². The van der Waals surface area contributed by atoms with E-state index < -0.39 is 9.04 Å². The van der Waals surface area contributed by atoms with Gasteiger partial charge in [0.2, 0.25) is 9.04 Å². The fraction of sp³-hybridized carbons (Fsp3) is 0.538. The van der Waals surface area contributed by atoms with Crippen molar-refractivity contribution in [2.45, 2.75) is 40.0 Å². The summed E-state index contributed by atoms with van der Waals surface area (Å²) >= 11 is 0. The number of nitrogen functional groups attached to an aromatic ring is 1. The molecule has 0 heterocycles. The summed E-state index contributed by atoms with van der Waals surface area (Å²) < 4.78 is 19.9. The van der Waals surface area contributed by atoms with E-state index in [1.165, 1.54) is 6.07 Å². The standard InChI is InChI=1S/C13H21FNOSi/c1-13(2,3)12(16-17(4)5)11-9(14)7-6-8-10(11)15/h6-8,12H,15H2,1-5H3. The van der Waals surface area contributed by atoms with Gasteiger partial charge in [-0.2, -0.15) is 0 Å². The molecular formula is C13H21FNOSi. The Kier molecular flexibility index (Phi) is 4.33. The number of halogens is 1. The van der Waals surface area contributed by atoms with Gasteiger partial charge in [-0.1, -0.05) is 26.8 Å². The summed E-state index contributed by atoms with van der Waals surface area (Å²) in [5.74, 6) is -0.284. The molecule has 0 aliphatic rings. The summed E-state index contributed by atoms with van der Waals surface area (Å²) in [5, 5.41) is 0. The van der Waals surface area contributed by atoms with E-state index in [1.54, 1.807) is 12.1 Å². The van der Waals surface area contributed by atoms with Crippen molar-refractivity contribution in [3.05, 3.63) is 29.6 Å². The summed E-state index contributed by atoms with van der Waals surface area (Å²) in [4.78, 5) is 0. The Hall–Kier alpha value is -0.873. The van der Waals surface area contributed by atoms with Crippen molar-refractivity contribution in [3.8, 4) is 0 Å². The Bertz CT molecular complexity index is 367. The van der Waals surface area contributed by atoms with Crippen LogP contribution in [0.3, 0.4) is 0 Å². The molecule has 1 rings (SSSR count). The number of hydrogen-bond donors (Lipinski definition) is 1. The van der Waals surface area contributed by atoms with Crippen LogP contribution in [0.2, 0.25) is 13.1 Å². The van der Waals surface area contributed by atoms with Gasteiger partial charge in [-0.3, -0.25) is 0 Å². The van der Waals surface area contributed by atoms with E-state index in [0.717, 1.165) is 0 Å². The highest BCUT2D eigenvalue weighted by molar-refractivity contribution is 6.48. The van der Waals surface area contributed by atoms with E-state index in [4.69, 9.17) is 10.2 Å². The fourth-order valence-corrected chi connectivity index (χ4v) is 2.68. The van der Waals surface area contributed by atoms with Crippen LogP contribution >= 0.6 is 0 Å². The number of hydrogen-bond acceptors (Lipinski definition) is 2. The van der Waals surface area contributed by atoms with Crippen LogP contribution < -0.4 is 5.73 Å². The van der Waals surface area contributed by atoms with Crippen molar-refractivity contribution < 1.29 is 8.82 Å². The molecule has 0 saturated carbocycles. The molecule has 4 heteroatoms. The Morgan fingerprint density at radius 2 is 1.88 bits per heavy atom. The number of nitrogens with two attached hydrogens (primary N) is 1. The third kappa shape index (κ3) is 3.54. The normalized spacial score (nSPS) is 14.1. The average molecular weight is 254 g/mol. The highest BCUT2D eigenvalue weighted by Gasteiger charge is 2.31. The van der Waals surface area contributed by atoms with Gasteiger partial charge in [0, 0.05) is 11.3 Å². The van der Waals surface area contributed by atoms with Crippen molar-refractivity contribution in [3.63, 3.8) is 0 Å². The maximum absolute atomic E-state index is 13.9. The van der Waals surface area contributed by atoms with Crippen LogP contribution in [0.25, 0.3) is 0 Å². The molecule has 2 N–H and O–H groups in total. The van der Waals surface area contributed by atoms with Crippen LogP contribution in [0.5, 0.6) is 0 Å². The Morgan fingerprint density at radius 1 is 1.29 bits per heavy atom. The highest BCUT2D eigenvalue weighted by Crippen LogP contribution is 2.40. The van der Waals surface area contributed by atoms with Gasteiger partial charge in [-0.15, -0.1) is 0 Å². The van der Waals surface area contributed by atoms with Gasteiger partial charge in [-0.25, -0.2) is 4.39 Å². The lowest BCUT2D eigenvalue weighted by molar-refractivity contribution is 0.0839. The smallest absolute Gasteiger partial charge is 0.205 e. The average Bonchev–Trinajstić information content (AvgIpc) is 2.13. The molecule has 0 saturated heterocycles. The van der Waals surface area contributed by atoms with Gasteiger partial charge >= 0.3 is 0 Å². The van der Waals surface area contributed by atoms with Gasteiger partial charge < -0.3 is 10.2 Å². The Balaban J connectivity index is 3.22. The number of anilines is 1. The molecule has 1 radical (unpaired) electrons. The molecule has 0 aromatic heterocycles. The van der Waals surface area contributed by atoms with Crippen LogP contribution in [0, 0.1) is 11.2 Å². The molecule has 95 valence electrons. The maximum Gasteiger partial charge on any atom is 0.205 e. The lowest BCUT2D eigenvalue weighted by Gasteiger charge is -2.33. The summed E-state index contributed by atoms with van der Waals surface area (Å²) in [6.45, 7) is 10.2. The first-order valence-corrected chi connectivity index (χ1v) is 8.15. The van der Waals surface area contributed by atoms with E-state index in [0.29, 0.717) is 11.3 Å². The van der Waals surface area contributed by atoms with Gasteiger partial charge in [-0.05, 0) is 30.6 Å². The molecule has 1 aromatic rings. The minimum atomic E-state index is -0.918. The molecule has 1 atom stereocenters. The van der Waals surface area contributed by atoms with E-state index in [9.17, 15) is 4.39 Å². The highest BCUT2D eigenvalue weighted by atomic mass is 28.3. The first-order valence-electron chi connectivity index (χ1n) is 5.74. The SMILES string of the molecule is C[Si](C)OC(c1c(N)cccc1F)C(C)(C)C. The van der Waals surface area contributed by atoms with E-state index >= 15 is 0 Å². The molecule has 1 aromatic carbocycles. The zero-order chi connectivity index (χ0) is 13.2. The third-order valence-corrected chi connectivity index (χ3v) is 3.20. The molecule has 2 nitrogen and oxygen atoms in total. The van der Waals surface area contributed by atoms with Crippen molar-refractivity contribution >= 4 is 14.7 Å². The molecule has 0 aliphatic carbocycles. The fourth-order valence-electron chi connectivity index (χ4n) is 1.73. The zero-order valence-electron chi connectivity index (χ0n) is 11.2. The minimum Gasteiger partial charge on any atom is -0.410 e. The van der Waals surface area contributed by atoms with Crippen molar-refractivity contribution in [2.24, 2.45) is 5.41 Å². The van der Waals surface area contributed by atoms with Gasteiger partial charge in [0.25, 0.3) is 0 Å². The predicted molar refractivity (Wildman–Crippen MR) is 71.6 cm³/mol. The first-order chi connectivity index (χ1) is 7.73. The molecule has 0 amide bonds. The molecule has 0 bridgehead atoms. The van der Waals surface area contributed by atoms with E-state index in [-0.39, 0.29) is 17.3 Å². The molecule has 0 fully saturated rings. The molecular weight excluding hydrogens is 233 g/mol. The number of rotatable bonds is 3.